The van der Waals surface area contributed by atoms with E-state index in [1.165, 1.54) is 5.56 Å². The molecule has 0 saturated carbocycles. The highest BCUT2D eigenvalue weighted by atomic mass is 16.4. The summed E-state index contributed by atoms with van der Waals surface area (Å²) in [4.78, 5) is 7.10. The molecule has 1 N–H and O–H groups in total. The molecule has 0 atom stereocenters. The van der Waals surface area contributed by atoms with Crippen LogP contribution in [0.15, 0.2) is 28.7 Å². The summed E-state index contributed by atoms with van der Waals surface area (Å²) < 4.78 is 5.84. The standard InChI is InChI=1S/C16H21N3O/c1-12-4-3-5-14(10-12)16-18-15(13(2)20-16)11-19-8-6-17-7-9-19/h3-5,10,17H,6-9,11H2,1-2H3. The second-order valence-electron chi connectivity index (χ2n) is 5.42. The number of rotatable bonds is 3. The monoisotopic (exact) mass is 271 g/mol. The quantitative estimate of drug-likeness (QED) is 0.930. The lowest BCUT2D eigenvalue weighted by atomic mass is 10.1. The minimum Gasteiger partial charge on any atom is -0.441 e. The summed E-state index contributed by atoms with van der Waals surface area (Å²) in [6.07, 6.45) is 0. The molecule has 0 bridgehead atoms. The summed E-state index contributed by atoms with van der Waals surface area (Å²) in [5.41, 5.74) is 3.34. The molecule has 2 aromatic rings. The van der Waals surface area contributed by atoms with Crippen LogP contribution in [0.3, 0.4) is 0 Å². The average molecular weight is 271 g/mol. The molecule has 2 heterocycles. The second kappa shape index (κ2) is 5.77. The number of piperazine rings is 1. The molecule has 4 nitrogen and oxygen atoms in total. The van der Waals surface area contributed by atoms with Gasteiger partial charge in [0.15, 0.2) is 0 Å². The Morgan fingerprint density at radius 2 is 2.05 bits per heavy atom. The first kappa shape index (κ1) is 13.3. The zero-order chi connectivity index (χ0) is 13.9. The van der Waals surface area contributed by atoms with Gasteiger partial charge in [0.05, 0.1) is 5.69 Å². The predicted octanol–water partition coefficient (Wildman–Crippen LogP) is 2.36. The molecule has 0 spiro atoms. The fraction of sp³-hybridized carbons (Fsp3) is 0.438. The van der Waals surface area contributed by atoms with Gasteiger partial charge in [-0.1, -0.05) is 17.7 Å². The molecule has 106 valence electrons. The van der Waals surface area contributed by atoms with E-state index in [9.17, 15) is 0 Å². The van der Waals surface area contributed by atoms with Gasteiger partial charge in [-0.25, -0.2) is 4.98 Å². The van der Waals surface area contributed by atoms with Crippen molar-refractivity contribution in [2.45, 2.75) is 20.4 Å². The maximum atomic E-state index is 5.84. The van der Waals surface area contributed by atoms with E-state index in [4.69, 9.17) is 4.42 Å². The van der Waals surface area contributed by atoms with Crippen LogP contribution >= 0.6 is 0 Å². The van der Waals surface area contributed by atoms with Gasteiger partial charge in [0.2, 0.25) is 5.89 Å². The molecule has 20 heavy (non-hydrogen) atoms. The topological polar surface area (TPSA) is 41.3 Å². The summed E-state index contributed by atoms with van der Waals surface area (Å²) in [7, 11) is 0. The average Bonchev–Trinajstić information content (AvgIpc) is 2.81. The van der Waals surface area contributed by atoms with E-state index < -0.39 is 0 Å². The number of oxazole rings is 1. The zero-order valence-electron chi connectivity index (χ0n) is 12.1. The third-order valence-corrected chi connectivity index (χ3v) is 3.74. The SMILES string of the molecule is Cc1cccc(-c2nc(CN3CCNCC3)c(C)o2)c1. The second-order valence-corrected chi connectivity index (χ2v) is 5.42. The molecular weight excluding hydrogens is 250 g/mol. The van der Waals surface area contributed by atoms with Gasteiger partial charge in [-0.05, 0) is 26.0 Å². The Morgan fingerprint density at radius 3 is 2.80 bits per heavy atom. The van der Waals surface area contributed by atoms with E-state index in [-0.39, 0.29) is 0 Å². The summed E-state index contributed by atoms with van der Waals surface area (Å²) in [6.45, 7) is 9.23. The number of nitrogens with one attached hydrogen (secondary N) is 1. The Balaban J connectivity index is 1.80. The number of hydrogen-bond donors (Lipinski definition) is 1. The van der Waals surface area contributed by atoms with Crippen LogP contribution in [-0.2, 0) is 6.54 Å². The fourth-order valence-electron chi connectivity index (χ4n) is 2.56. The number of benzene rings is 1. The molecule has 1 aliphatic heterocycles. The minimum absolute atomic E-state index is 0.733. The normalized spacial score (nSPS) is 16.5. The van der Waals surface area contributed by atoms with E-state index >= 15 is 0 Å². The molecule has 1 saturated heterocycles. The van der Waals surface area contributed by atoms with E-state index in [2.05, 4.69) is 34.3 Å². The lowest BCUT2D eigenvalue weighted by Crippen LogP contribution is -2.43. The van der Waals surface area contributed by atoms with Gasteiger partial charge in [0.1, 0.15) is 5.76 Å². The van der Waals surface area contributed by atoms with Crippen molar-refractivity contribution in [3.63, 3.8) is 0 Å². The van der Waals surface area contributed by atoms with Gasteiger partial charge in [-0.3, -0.25) is 4.90 Å². The summed E-state index contributed by atoms with van der Waals surface area (Å²) >= 11 is 0. The van der Waals surface area contributed by atoms with Crippen molar-refractivity contribution >= 4 is 0 Å². The molecule has 0 aliphatic carbocycles. The molecule has 0 unspecified atom stereocenters. The van der Waals surface area contributed by atoms with Crippen LogP contribution in [0.4, 0.5) is 0 Å². The van der Waals surface area contributed by atoms with Crippen molar-refractivity contribution < 1.29 is 4.42 Å². The van der Waals surface area contributed by atoms with Gasteiger partial charge in [-0.15, -0.1) is 0 Å². The number of hydrogen-bond acceptors (Lipinski definition) is 4. The van der Waals surface area contributed by atoms with E-state index in [0.29, 0.717) is 0 Å². The summed E-state index contributed by atoms with van der Waals surface area (Å²) in [6, 6.07) is 8.29. The highest BCUT2D eigenvalue weighted by Crippen LogP contribution is 2.23. The first-order valence-electron chi connectivity index (χ1n) is 7.19. The van der Waals surface area contributed by atoms with Crippen LogP contribution in [0.25, 0.3) is 11.5 Å². The molecule has 4 heteroatoms. The van der Waals surface area contributed by atoms with Crippen molar-refractivity contribution in [3.05, 3.63) is 41.3 Å². The number of aryl methyl sites for hydroxylation is 2. The number of nitrogens with zero attached hydrogens (tertiary/aromatic N) is 2. The summed E-state index contributed by atoms with van der Waals surface area (Å²) in [5.74, 6) is 1.66. The first-order valence-corrected chi connectivity index (χ1v) is 7.19. The Kier molecular flexibility index (Phi) is 3.85. The van der Waals surface area contributed by atoms with Gasteiger partial charge >= 0.3 is 0 Å². The Bertz CT molecular complexity index is 585. The molecule has 0 radical (unpaired) electrons. The maximum absolute atomic E-state index is 5.84. The highest BCUT2D eigenvalue weighted by Gasteiger charge is 2.16. The van der Waals surface area contributed by atoms with Crippen molar-refractivity contribution in [1.82, 2.24) is 15.2 Å². The van der Waals surface area contributed by atoms with E-state index in [0.717, 1.165) is 55.6 Å². The predicted molar refractivity (Wildman–Crippen MR) is 79.6 cm³/mol. The van der Waals surface area contributed by atoms with Crippen LogP contribution in [0, 0.1) is 13.8 Å². The van der Waals surface area contributed by atoms with Crippen molar-refractivity contribution in [2.75, 3.05) is 26.2 Å². The fourth-order valence-corrected chi connectivity index (χ4v) is 2.56. The smallest absolute Gasteiger partial charge is 0.226 e. The van der Waals surface area contributed by atoms with Crippen LogP contribution in [-0.4, -0.2) is 36.1 Å². The molecule has 1 aromatic heterocycles. The van der Waals surface area contributed by atoms with Crippen LogP contribution in [0.1, 0.15) is 17.0 Å². The highest BCUT2D eigenvalue weighted by molar-refractivity contribution is 5.54. The molecule has 1 fully saturated rings. The van der Waals surface area contributed by atoms with Crippen molar-refractivity contribution in [3.8, 4) is 11.5 Å². The van der Waals surface area contributed by atoms with Crippen molar-refractivity contribution in [1.29, 1.82) is 0 Å². The van der Waals surface area contributed by atoms with Crippen LogP contribution in [0.5, 0.6) is 0 Å². The third kappa shape index (κ3) is 2.92. The van der Waals surface area contributed by atoms with Crippen LogP contribution < -0.4 is 5.32 Å². The Labute approximate surface area is 119 Å². The van der Waals surface area contributed by atoms with Crippen molar-refractivity contribution in [2.24, 2.45) is 0 Å². The largest absolute Gasteiger partial charge is 0.441 e. The maximum Gasteiger partial charge on any atom is 0.226 e. The van der Waals surface area contributed by atoms with Crippen LogP contribution in [0.2, 0.25) is 0 Å². The molecule has 1 aromatic carbocycles. The molecular formula is C16H21N3O. The zero-order valence-corrected chi connectivity index (χ0v) is 12.1. The molecule has 0 amide bonds. The van der Waals surface area contributed by atoms with Gasteiger partial charge in [0.25, 0.3) is 0 Å². The van der Waals surface area contributed by atoms with Gasteiger partial charge in [-0.2, -0.15) is 0 Å². The number of aromatic nitrogens is 1. The summed E-state index contributed by atoms with van der Waals surface area (Å²) in [5, 5.41) is 3.37. The minimum atomic E-state index is 0.733. The van der Waals surface area contributed by atoms with Gasteiger partial charge < -0.3 is 9.73 Å². The third-order valence-electron chi connectivity index (χ3n) is 3.74. The molecule has 1 aliphatic rings. The van der Waals surface area contributed by atoms with E-state index in [1.54, 1.807) is 0 Å². The first-order chi connectivity index (χ1) is 9.72. The van der Waals surface area contributed by atoms with E-state index in [1.807, 2.05) is 19.1 Å². The Morgan fingerprint density at radius 1 is 1.25 bits per heavy atom. The Hall–Kier alpha value is -1.65. The van der Waals surface area contributed by atoms with Gasteiger partial charge in [0, 0.05) is 38.3 Å². The lowest BCUT2D eigenvalue weighted by molar-refractivity contribution is 0.230. The molecule has 3 rings (SSSR count). The lowest BCUT2D eigenvalue weighted by Gasteiger charge is -2.26.